The minimum atomic E-state index is -5.09. The van der Waals surface area contributed by atoms with Crippen LogP contribution in [0.1, 0.15) is 22.6 Å². The van der Waals surface area contributed by atoms with E-state index < -0.39 is 17.7 Å². The molecule has 0 saturated carbocycles. The van der Waals surface area contributed by atoms with Crippen LogP contribution in [-0.4, -0.2) is 27.6 Å². The smallest absolute Gasteiger partial charge is 0.750 e. The van der Waals surface area contributed by atoms with Gasteiger partial charge >= 0.3 is 23.4 Å². The fraction of sp³-hybridized carbons (Fsp3) is 0.136. The molecule has 0 amide bonds. The molecule has 0 aliphatic rings. The summed E-state index contributed by atoms with van der Waals surface area (Å²) in [5.41, 5.74) is 4.16. The van der Waals surface area contributed by atoms with Gasteiger partial charge in [-0.25, -0.2) is 8.39 Å². The molecule has 178 valence electrons. The van der Waals surface area contributed by atoms with Crippen LogP contribution in [0.4, 0.5) is 24.5 Å². The van der Waals surface area contributed by atoms with Crippen molar-refractivity contribution in [2.45, 2.75) is 20.2 Å². The van der Waals surface area contributed by atoms with Crippen LogP contribution in [0.5, 0.6) is 0 Å². The number of hydrogen-bond donors (Lipinski definition) is 0. The molecule has 1 atom stereocenters. The molecule has 2 aromatic carbocycles. The second-order valence-electron chi connectivity index (χ2n) is 6.06. The Morgan fingerprint density at radius 3 is 1.58 bits per heavy atom. The van der Waals surface area contributed by atoms with Crippen molar-refractivity contribution in [3.63, 3.8) is 0 Å². The Bertz CT molecular complexity index is 1020. The Morgan fingerprint density at radius 2 is 1.27 bits per heavy atom. The number of para-hydroxylation sites is 2. The summed E-state index contributed by atoms with van der Waals surface area (Å²) >= 11 is -3.51. The van der Waals surface area contributed by atoms with Crippen LogP contribution in [0.25, 0.3) is 0 Å². The van der Waals surface area contributed by atoms with Crippen LogP contribution >= 0.6 is 0 Å². The molecule has 0 aliphatic carbocycles. The van der Waals surface area contributed by atoms with Crippen LogP contribution in [0.2, 0.25) is 0 Å². The molecular formula is C22H21F3FeN2O4S. The normalized spacial score (nSPS) is 11.9. The Balaban J connectivity index is 0.000000890. The van der Waals surface area contributed by atoms with Gasteiger partial charge in [-0.1, -0.05) is 36.4 Å². The fourth-order valence-corrected chi connectivity index (χ4v) is 2.42. The van der Waals surface area contributed by atoms with E-state index in [1.54, 1.807) is 12.4 Å². The Morgan fingerprint density at radius 1 is 0.879 bits per heavy atom. The first-order valence-corrected chi connectivity index (χ1v) is 9.79. The van der Waals surface area contributed by atoms with Crippen LogP contribution in [0.15, 0.2) is 75.1 Å². The van der Waals surface area contributed by atoms with Gasteiger partial charge in [0.05, 0.1) is 35.2 Å². The number of alkyl halides is 3. The van der Waals surface area contributed by atoms with Crippen LogP contribution < -0.4 is 0 Å². The van der Waals surface area contributed by atoms with E-state index >= 15 is 0 Å². The zero-order valence-corrected chi connectivity index (χ0v) is 19.8. The van der Waals surface area contributed by atoms with E-state index in [1.165, 1.54) is 0 Å². The van der Waals surface area contributed by atoms with Crippen LogP contribution in [-0.2, 0) is 32.6 Å². The van der Waals surface area contributed by atoms with Crippen molar-refractivity contribution in [1.82, 2.24) is 0 Å². The van der Waals surface area contributed by atoms with Gasteiger partial charge in [0.2, 0.25) is 0 Å². The molecule has 1 unspecified atom stereocenters. The van der Waals surface area contributed by atoms with Crippen molar-refractivity contribution in [3.05, 3.63) is 90.7 Å². The van der Waals surface area contributed by atoms with Gasteiger partial charge in [0, 0.05) is 0 Å². The van der Waals surface area contributed by atoms with Gasteiger partial charge in [0.1, 0.15) is 11.5 Å². The van der Waals surface area contributed by atoms with E-state index in [0.29, 0.717) is 11.5 Å². The van der Waals surface area contributed by atoms with Gasteiger partial charge in [-0.3, -0.25) is 9.98 Å². The first-order valence-electron chi connectivity index (χ1n) is 8.79. The molecule has 0 saturated heterocycles. The number of aliphatic imine (C=N–C) groups is 2. The number of hydrogen-bond acceptors (Lipinski definition) is 6. The molecule has 3 aromatic rings. The summed E-state index contributed by atoms with van der Waals surface area (Å²) in [6.45, 7) is 4.07. The first kappa shape index (κ1) is 30.4. The average molecular weight is 522 g/mol. The third kappa shape index (κ3) is 11.7. The average Bonchev–Trinajstić information content (AvgIpc) is 3.13. The SMILES string of the molecule is Cc1ccccc1N=Cc1ccc(C=Nc2ccccc2C)o1.O=S([O-])OC(F)(F)F.[CH3-].[Fe+2]. The summed E-state index contributed by atoms with van der Waals surface area (Å²) in [6.07, 6.45) is -1.63. The Kier molecular flexibility index (Phi) is 13.4. The van der Waals surface area contributed by atoms with Crippen molar-refractivity contribution in [3.8, 4) is 0 Å². The molecular weight excluding hydrogens is 501 g/mol. The molecule has 0 aliphatic heterocycles. The topological polar surface area (TPSA) is 87.2 Å². The van der Waals surface area contributed by atoms with Crippen molar-refractivity contribution in [2.75, 3.05) is 0 Å². The Hall–Kier alpha value is -2.56. The van der Waals surface area contributed by atoms with E-state index in [1.807, 2.05) is 74.5 Å². The maximum absolute atomic E-state index is 10.7. The fourth-order valence-electron chi connectivity index (χ4n) is 2.27. The number of nitrogens with zero attached hydrogens (tertiary/aromatic N) is 2. The molecule has 0 bridgehead atoms. The second-order valence-corrected chi connectivity index (χ2v) is 6.64. The van der Waals surface area contributed by atoms with Crippen molar-refractivity contribution in [1.29, 1.82) is 0 Å². The van der Waals surface area contributed by atoms with E-state index in [-0.39, 0.29) is 24.5 Å². The zero-order valence-electron chi connectivity index (χ0n) is 17.9. The van der Waals surface area contributed by atoms with E-state index in [4.69, 9.17) is 13.2 Å². The number of furan rings is 1. The number of aryl methyl sites for hydroxylation is 2. The predicted molar refractivity (Wildman–Crippen MR) is 118 cm³/mol. The van der Waals surface area contributed by atoms with Crippen LogP contribution in [0.3, 0.4) is 0 Å². The first-order chi connectivity index (χ1) is 14.6. The summed E-state index contributed by atoms with van der Waals surface area (Å²) < 4.78 is 58.3. The molecule has 0 radical (unpaired) electrons. The summed E-state index contributed by atoms with van der Waals surface area (Å²) in [7, 11) is 0. The second kappa shape index (κ2) is 14.6. The number of halogens is 3. The van der Waals surface area contributed by atoms with Gasteiger partial charge < -0.3 is 16.4 Å². The minimum Gasteiger partial charge on any atom is -0.750 e. The minimum absolute atomic E-state index is 0. The molecule has 1 aromatic heterocycles. The molecule has 0 fully saturated rings. The number of rotatable bonds is 5. The van der Waals surface area contributed by atoms with Crippen molar-refractivity contribution < 1.29 is 47.6 Å². The Labute approximate surface area is 203 Å². The summed E-state index contributed by atoms with van der Waals surface area (Å²) in [6, 6.07) is 19.8. The molecule has 6 nitrogen and oxygen atoms in total. The van der Waals surface area contributed by atoms with E-state index in [2.05, 4.69) is 14.2 Å². The monoisotopic (exact) mass is 522 g/mol. The summed E-state index contributed by atoms with van der Waals surface area (Å²) in [5.74, 6) is 1.42. The molecule has 11 heteroatoms. The van der Waals surface area contributed by atoms with Crippen molar-refractivity contribution in [2.24, 2.45) is 9.98 Å². The van der Waals surface area contributed by atoms with Crippen molar-refractivity contribution >= 4 is 35.2 Å². The van der Waals surface area contributed by atoms with Crippen LogP contribution in [0, 0.1) is 21.3 Å². The molecule has 0 spiro atoms. The van der Waals surface area contributed by atoms with Gasteiger partial charge in [0.25, 0.3) is 0 Å². The maximum Gasteiger partial charge on any atom is 2.00 e. The molecule has 0 N–H and O–H groups in total. The molecule has 1 heterocycles. The van der Waals surface area contributed by atoms with Gasteiger partial charge in [-0.2, -0.15) is 0 Å². The van der Waals surface area contributed by atoms with E-state index in [0.717, 1.165) is 22.5 Å². The predicted octanol–water partition coefficient (Wildman–Crippen LogP) is 6.16. The summed E-state index contributed by atoms with van der Waals surface area (Å²) in [5, 5.41) is 0. The number of benzene rings is 2. The van der Waals surface area contributed by atoms with Gasteiger partial charge in [-0.05, 0) is 49.2 Å². The van der Waals surface area contributed by atoms with Gasteiger partial charge in [0.15, 0.2) is 0 Å². The maximum atomic E-state index is 10.7. The van der Waals surface area contributed by atoms with Gasteiger partial charge in [-0.15, -0.1) is 13.2 Å². The quantitative estimate of drug-likeness (QED) is 0.174. The standard InChI is InChI=1S/C20H18N2O.CHF3O3S.CH3.Fe/c1-15-7-3-5-9-19(15)21-13-17-11-12-18(23-17)14-22-20-10-6-4-8-16(20)2;2-1(3,4)7-8(5)6;;/h3-14H,1-2H3;(H,5,6);1H3;/q;;-1;+2/p-1. The van der Waals surface area contributed by atoms with E-state index in [9.17, 15) is 13.2 Å². The molecule has 33 heavy (non-hydrogen) atoms. The summed E-state index contributed by atoms with van der Waals surface area (Å²) in [4.78, 5) is 8.92. The molecule has 3 rings (SSSR count). The third-order valence-corrected chi connectivity index (χ3v) is 4.03. The zero-order chi connectivity index (χ0) is 22.9. The third-order valence-electron chi connectivity index (χ3n) is 3.70. The largest absolute Gasteiger partial charge is 2.00 e.